The highest BCUT2D eigenvalue weighted by Gasteiger charge is 2.27. The number of nitrogens with two attached hydrogens (primary N) is 1. The lowest BCUT2D eigenvalue weighted by Crippen LogP contribution is -2.43. The number of amides is 2. The summed E-state index contributed by atoms with van der Waals surface area (Å²) in [7, 11) is 0. The molecule has 1 atom stereocenters. The zero-order valence-corrected chi connectivity index (χ0v) is 16.9. The van der Waals surface area contributed by atoms with E-state index in [0.29, 0.717) is 25.9 Å². The van der Waals surface area contributed by atoms with Crippen molar-refractivity contribution in [3.8, 4) is 0 Å². The summed E-state index contributed by atoms with van der Waals surface area (Å²) < 4.78 is 0. The summed E-state index contributed by atoms with van der Waals surface area (Å²) >= 11 is 0. The molecule has 1 heterocycles. The Morgan fingerprint density at radius 1 is 1.04 bits per heavy atom. The van der Waals surface area contributed by atoms with Crippen LogP contribution in [0.1, 0.15) is 32.3 Å². The van der Waals surface area contributed by atoms with E-state index in [-0.39, 0.29) is 24.4 Å². The second-order valence-electron chi connectivity index (χ2n) is 6.69. The number of rotatable bonds is 6. The monoisotopic (exact) mass is 381 g/mol. The molecule has 0 aliphatic carbocycles. The van der Waals surface area contributed by atoms with Crippen LogP contribution in [-0.2, 0) is 16.0 Å². The quantitative estimate of drug-likeness (QED) is 0.835. The third kappa shape index (κ3) is 6.20. The molecule has 2 aromatic carbocycles. The first-order valence-corrected chi connectivity index (χ1v) is 10.1. The number of benzene rings is 2. The first kappa shape index (κ1) is 21.6. The van der Waals surface area contributed by atoms with Gasteiger partial charge in [-0.1, -0.05) is 62.4 Å². The molecular formula is C23H31N3O2. The standard InChI is InChI=1S/C21H25N3O2.C2H6/c22-18-13-14-23(15-18)21(26)16-24(19-9-5-2-6-10-19)20(25)12-11-17-7-3-1-4-8-17;1-2/h1-10,18H,11-16,22H2;1-2H3. The van der Waals surface area contributed by atoms with Crippen molar-refractivity contribution < 1.29 is 9.59 Å². The number of carbonyl (C=O) groups is 2. The minimum Gasteiger partial charge on any atom is -0.340 e. The van der Waals surface area contributed by atoms with Crippen LogP contribution < -0.4 is 10.6 Å². The summed E-state index contributed by atoms with van der Waals surface area (Å²) in [6, 6.07) is 19.3. The van der Waals surface area contributed by atoms with Gasteiger partial charge in [-0.15, -0.1) is 0 Å². The van der Waals surface area contributed by atoms with Crippen LogP contribution in [-0.4, -0.2) is 42.4 Å². The summed E-state index contributed by atoms with van der Waals surface area (Å²) in [5, 5.41) is 0. The second-order valence-corrected chi connectivity index (χ2v) is 6.69. The lowest BCUT2D eigenvalue weighted by molar-refractivity contribution is -0.130. The predicted molar refractivity (Wildman–Crippen MR) is 114 cm³/mol. The van der Waals surface area contributed by atoms with Crippen LogP contribution >= 0.6 is 0 Å². The van der Waals surface area contributed by atoms with Gasteiger partial charge in [0.2, 0.25) is 11.8 Å². The molecule has 1 unspecified atom stereocenters. The zero-order valence-electron chi connectivity index (χ0n) is 16.9. The average Bonchev–Trinajstić information content (AvgIpc) is 3.19. The van der Waals surface area contributed by atoms with Gasteiger partial charge in [-0.2, -0.15) is 0 Å². The van der Waals surface area contributed by atoms with E-state index in [1.165, 1.54) is 0 Å². The van der Waals surface area contributed by atoms with Crippen LogP contribution in [0.15, 0.2) is 60.7 Å². The minimum atomic E-state index is -0.0464. The van der Waals surface area contributed by atoms with E-state index in [2.05, 4.69) is 0 Å². The number of para-hydroxylation sites is 1. The fourth-order valence-electron chi connectivity index (χ4n) is 3.21. The van der Waals surface area contributed by atoms with Crippen LogP contribution in [0.5, 0.6) is 0 Å². The number of aryl methyl sites for hydroxylation is 1. The SMILES string of the molecule is CC.NC1CCN(C(=O)CN(C(=O)CCc2ccccc2)c2ccccc2)C1. The van der Waals surface area contributed by atoms with Crippen LogP contribution in [0, 0.1) is 0 Å². The van der Waals surface area contributed by atoms with Crippen molar-refractivity contribution in [1.82, 2.24) is 4.90 Å². The Bertz CT molecular complexity index is 734. The number of carbonyl (C=O) groups excluding carboxylic acids is 2. The Balaban J connectivity index is 0.00000136. The topological polar surface area (TPSA) is 66.6 Å². The van der Waals surface area contributed by atoms with E-state index in [0.717, 1.165) is 17.7 Å². The van der Waals surface area contributed by atoms with E-state index < -0.39 is 0 Å². The molecule has 28 heavy (non-hydrogen) atoms. The van der Waals surface area contributed by atoms with Crippen LogP contribution in [0.3, 0.4) is 0 Å². The fourth-order valence-corrected chi connectivity index (χ4v) is 3.21. The summed E-state index contributed by atoms with van der Waals surface area (Å²) in [5.74, 6) is -0.0910. The van der Waals surface area contributed by atoms with Crippen molar-refractivity contribution in [2.45, 2.75) is 39.2 Å². The highest BCUT2D eigenvalue weighted by molar-refractivity contribution is 5.98. The lowest BCUT2D eigenvalue weighted by Gasteiger charge is -2.25. The van der Waals surface area contributed by atoms with E-state index in [1.807, 2.05) is 74.5 Å². The third-order valence-electron chi connectivity index (χ3n) is 4.71. The predicted octanol–water partition coefficient (Wildman–Crippen LogP) is 3.24. The first-order valence-electron chi connectivity index (χ1n) is 10.1. The van der Waals surface area contributed by atoms with E-state index >= 15 is 0 Å². The molecule has 0 bridgehead atoms. The number of hydrogen-bond donors (Lipinski definition) is 1. The smallest absolute Gasteiger partial charge is 0.242 e. The second kappa shape index (κ2) is 11.2. The Morgan fingerprint density at radius 2 is 1.64 bits per heavy atom. The van der Waals surface area contributed by atoms with Gasteiger partial charge in [-0.25, -0.2) is 0 Å². The molecular weight excluding hydrogens is 350 g/mol. The molecule has 0 aromatic heterocycles. The molecule has 0 spiro atoms. The third-order valence-corrected chi connectivity index (χ3v) is 4.71. The summed E-state index contributed by atoms with van der Waals surface area (Å²) in [6.07, 6.45) is 1.84. The van der Waals surface area contributed by atoms with Crippen LogP contribution in [0.25, 0.3) is 0 Å². The van der Waals surface area contributed by atoms with Gasteiger partial charge < -0.3 is 15.5 Å². The van der Waals surface area contributed by atoms with Crippen molar-refractivity contribution in [3.05, 3.63) is 66.2 Å². The highest BCUT2D eigenvalue weighted by atomic mass is 16.2. The van der Waals surface area contributed by atoms with Crippen molar-refractivity contribution in [2.24, 2.45) is 5.73 Å². The largest absolute Gasteiger partial charge is 0.340 e. The molecule has 1 fully saturated rings. The molecule has 1 saturated heterocycles. The van der Waals surface area contributed by atoms with E-state index in [9.17, 15) is 9.59 Å². The number of anilines is 1. The normalized spacial score (nSPS) is 15.5. The van der Waals surface area contributed by atoms with Gasteiger partial charge in [-0.3, -0.25) is 9.59 Å². The molecule has 0 saturated carbocycles. The van der Waals surface area contributed by atoms with Gasteiger partial charge in [0.05, 0.1) is 0 Å². The summed E-state index contributed by atoms with van der Waals surface area (Å²) in [4.78, 5) is 28.8. The molecule has 1 aliphatic rings. The molecule has 0 radical (unpaired) electrons. The van der Waals surface area contributed by atoms with E-state index in [4.69, 9.17) is 5.73 Å². The average molecular weight is 382 g/mol. The summed E-state index contributed by atoms with van der Waals surface area (Å²) in [6.45, 7) is 5.30. The summed E-state index contributed by atoms with van der Waals surface area (Å²) in [5.41, 5.74) is 7.77. The Hall–Kier alpha value is -2.66. The molecule has 150 valence electrons. The van der Waals surface area contributed by atoms with Gasteiger partial charge >= 0.3 is 0 Å². The van der Waals surface area contributed by atoms with Gasteiger partial charge in [0.1, 0.15) is 6.54 Å². The number of hydrogen-bond acceptors (Lipinski definition) is 3. The van der Waals surface area contributed by atoms with Gasteiger partial charge in [0, 0.05) is 31.2 Å². The molecule has 2 aromatic rings. The Morgan fingerprint density at radius 3 is 2.21 bits per heavy atom. The highest BCUT2D eigenvalue weighted by Crippen LogP contribution is 2.17. The fraction of sp³-hybridized carbons (Fsp3) is 0.391. The maximum atomic E-state index is 12.9. The van der Waals surface area contributed by atoms with Gasteiger partial charge in [-0.05, 0) is 30.5 Å². The Labute approximate surface area is 168 Å². The van der Waals surface area contributed by atoms with Crippen molar-refractivity contribution in [2.75, 3.05) is 24.5 Å². The first-order chi connectivity index (χ1) is 13.6. The molecule has 2 N–H and O–H groups in total. The molecule has 5 heteroatoms. The maximum absolute atomic E-state index is 12.9. The minimum absolute atomic E-state index is 0.0397. The van der Waals surface area contributed by atoms with Crippen molar-refractivity contribution in [3.63, 3.8) is 0 Å². The molecule has 2 amide bonds. The van der Waals surface area contributed by atoms with Crippen LogP contribution in [0.2, 0.25) is 0 Å². The van der Waals surface area contributed by atoms with E-state index in [1.54, 1.807) is 9.80 Å². The van der Waals surface area contributed by atoms with Crippen LogP contribution in [0.4, 0.5) is 5.69 Å². The molecule has 1 aliphatic heterocycles. The van der Waals surface area contributed by atoms with Crippen molar-refractivity contribution >= 4 is 17.5 Å². The van der Waals surface area contributed by atoms with Gasteiger partial charge in [0.15, 0.2) is 0 Å². The van der Waals surface area contributed by atoms with Gasteiger partial charge in [0.25, 0.3) is 0 Å². The lowest BCUT2D eigenvalue weighted by atomic mass is 10.1. The zero-order chi connectivity index (χ0) is 20.4. The van der Waals surface area contributed by atoms with Crippen molar-refractivity contribution in [1.29, 1.82) is 0 Å². The molecule has 5 nitrogen and oxygen atoms in total. The number of likely N-dealkylation sites (tertiary alicyclic amines) is 1. The molecule has 3 rings (SSSR count). The number of nitrogens with zero attached hydrogens (tertiary/aromatic N) is 2. The maximum Gasteiger partial charge on any atom is 0.242 e. The Kier molecular flexibility index (Phi) is 8.69.